The molecule has 1 heterocycles. The van der Waals surface area contributed by atoms with Crippen LogP contribution in [0.1, 0.15) is 32.1 Å². The minimum Gasteiger partial charge on any atom is -0.364 e. The lowest BCUT2D eigenvalue weighted by Crippen LogP contribution is -2.47. The van der Waals surface area contributed by atoms with Crippen LogP contribution in [0.25, 0.3) is 0 Å². The van der Waals surface area contributed by atoms with Crippen molar-refractivity contribution in [3.63, 3.8) is 0 Å². The summed E-state index contributed by atoms with van der Waals surface area (Å²) in [5, 5.41) is 2.92. The highest BCUT2D eigenvalue weighted by molar-refractivity contribution is 5.78. The number of rotatable bonds is 6. The molecule has 2 fully saturated rings. The van der Waals surface area contributed by atoms with E-state index in [0.29, 0.717) is 19.0 Å². The number of carbonyl (C=O) groups is 1. The molecular weight excluding hydrogens is 407 g/mol. The average Bonchev–Trinajstić information content (AvgIpc) is 2.76. The van der Waals surface area contributed by atoms with Gasteiger partial charge < -0.3 is 16.0 Å². The summed E-state index contributed by atoms with van der Waals surface area (Å²) in [5.41, 5.74) is 4.47. The first kappa shape index (κ1) is 22.7. The van der Waals surface area contributed by atoms with Crippen molar-refractivity contribution in [2.45, 2.75) is 38.1 Å². The van der Waals surface area contributed by atoms with Gasteiger partial charge >= 0.3 is 0 Å². The number of halogens is 5. The Kier molecular flexibility index (Phi) is 7.51. The molecule has 0 spiro atoms. The van der Waals surface area contributed by atoms with Gasteiger partial charge in [-0.2, -0.15) is 0 Å². The van der Waals surface area contributed by atoms with Gasteiger partial charge in [0.25, 0.3) is 0 Å². The van der Waals surface area contributed by atoms with Crippen molar-refractivity contribution in [2.75, 3.05) is 44.2 Å². The number of nitrogens with two attached hydrogens (primary N) is 1. The number of carbonyl (C=O) groups excluding carboxylic acids is 1. The average molecular weight is 434 g/mol. The van der Waals surface area contributed by atoms with Crippen molar-refractivity contribution in [2.24, 2.45) is 11.7 Å². The van der Waals surface area contributed by atoms with Crippen LogP contribution >= 0.6 is 0 Å². The van der Waals surface area contributed by atoms with Gasteiger partial charge in [-0.15, -0.1) is 0 Å². The quantitative estimate of drug-likeness (QED) is 0.411. The van der Waals surface area contributed by atoms with Crippen LogP contribution in [-0.4, -0.2) is 56.1 Å². The topological polar surface area (TPSA) is 61.6 Å². The highest BCUT2D eigenvalue weighted by Gasteiger charge is 2.31. The molecule has 3 N–H and O–H groups in total. The van der Waals surface area contributed by atoms with Crippen LogP contribution in [0.15, 0.2) is 0 Å². The molecule has 0 radical (unpaired) electrons. The molecule has 5 nitrogen and oxygen atoms in total. The van der Waals surface area contributed by atoms with E-state index in [-0.39, 0.29) is 31.6 Å². The fraction of sp³-hybridized carbons (Fsp3) is 0.650. The second kappa shape index (κ2) is 9.91. The molecule has 1 amide bonds. The Hall–Kier alpha value is -1.94. The number of hydrogen-bond acceptors (Lipinski definition) is 4. The summed E-state index contributed by atoms with van der Waals surface area (Å²) in [5.74, 6) is -9.11. The van der Waals surface area contributed by atoms with Gasteiger partial charge in [-0.3, -0.25) is 9.69 Å². The van der Waals surface area contributed by atoms with Crippen LogP contribution in [0.4, 0.5) is 27.6 Å². The lowest BCUT2D eigenvalue weighted by molar-refractivity contribution is -0.120. The molecule has 3 rings (SSSR count). The predicted molar refractivity (Wildman–Crippen MR) is 102 cm³/mol. The van der Waals surface area contributed by atoms with Crippen LogP contribution < -0.4 is 16.0 Å². The van der Waals surface area contributed by atoms with Crippen molar-refractivity contribution in [3.05, 3.63) is 29.1 Å². The molecule has 0 unspecified atom stereocenters. The van der Waals surface area contributed by atoms with E-state index in [1.807, 2.05) is 0 Å². The Morgan fingerprint density at radius 3 is 1.93 bits per heavy atom. The van der Waals surface area contributed by atoms with E-state index in [1.54, 1.807) is 0 Å². The van der Waals surface area contributed by atoms with Gasteiger partial charge in [-0.25, -0.2) is 22.0 Å². The number of piperazine rings is 1. The van der Waals surface area contributed by atoms with Gasteiger partial charge in [-0.05, 0) is 44.6 Å². The zero-order chi connectivity index (χ0) is 21.8. The van der Waals surface area contributed by atoms with Gasteiger partial charge in [0.2, 0.25) is 11.7 Å². The van der Waals surface area contributed by atoms with Gasteiger partial charge in [0.1, 0.15) is 5.69 Å². The summed E-state index contributed by atoms with van der Waals surface area (Å²) >= 11 is 0. The van der Waals surface area contributed by atoms with Crippen molar-refractivity contribution in [3.8, 4) is 0 Å². The zero-order valence-corrected chi connectivity index (χ0v) is 16.7. The smallest absolute Gasteiger partial charge is 0.233 e. The number of nitrogens with zero attached hydrogens (tertiary/aromatic N) is 2. The first-order chi connectivity index (χ1) is 14.3. The molecule has 168 valence electrons. The summed E-state index contributed by atoms with van der Waals surface area (Å²) in [6, 6.07) is 0.183. The number of amides is 1. The first-order valence-electron chi connectivity index (χ1n) is 10.3. The monoisotopic (exact) mass is 434 g/mol. The summed E-state index contributed by atoms with van der Waals surface area (Å²) < 4.78 is 68.1. The summed E-state index contributed by atoms with van der Waals surface area (Å²) in [6.07, 6.45) is 4.84. The molecule has 10 heteroatoms. The Balaban J connectivity index is 1.46. The van der Waals surface area contributed by atoms with E-state index in [1.165, 1.54) is 4.90 Å². The summed E-state index contributed by atoms with van der Waals surface area (Å²) in [6.45, 7) is 2.17. The minimum atomic E-state index is -2.13. The summed E-state index contributed by atoms with van der Waals surface area (Å²) in [4.78, 5) is 14.7. The summed E-state index contributed by atoms with van der Waals surface area (Å²) in [7, 11) is 0. The molecule has 0 atom stereocenters. The maximum absolute atomic E-state index is 14.0. The Bertz CT molecular complexity index is 733. The van der Waals surface area contributed by atoms with Crippen molar-refractivity contribution in [1.82, 2.24) is 10.2 Å². The number of hydrogen-bond donors (Lipinski definition) is 2. The van der Waals surface area contributed by atoms with Gasteiger partial charge in [0, 0.05) is 32.2 Å². The molecule has 1 aromatic rings. The number of nitrogens with one attached hydrogen (secondary N) is 1. The third kappa shape index (κ3) is 5.03. The maximum atomic E-state index is 14.0. The third-order valence-electron chi connectivity index (χ3n) is 6.13. The second-order valence-electron chi connectivity index (χ2n) is 8.03. The van der Waals surface area contributed by atoms with E-state index < -0.39 is 34.8 Å². The second-order valence-corrected chi connectivity index (χ2v) is 8.03. The molecule has 1 aliphatic carbocycles. The van der Waals surface area contributed by atoms with Crippen molar-refractivity contribution < 1.29 is 26.7 Å². The van der Waals surface area contributed by atoms with Crippen LogP contribution in [0, 0.1) is 35.0 Å². The Morgan fingerprint density at radius 2 is 1.40 bits per heavy atom. The SMILES string of the molecule is NCC(=O)NC1CCC(CCN2CCN(c3c(F)c(F)c(F)c(F)c3F)CC2)CC1. The molecule has 2 aliphatic rings. The van der Waals surface area contributed by atoms with E-state index in [4.69, 9.17) is 5.73 Å². The number of anilines is 1. The van der Waals surface area contributed by atoms with E-state index >= 15 is 0 Å². The molecule has 0 aromatic heterocycles. The highest BCUT2D eigenvalue weighted by atomic mass is 19.2. The largest absolute Gasteiger partial charge is 0.364 e. The highest BCUT2D eigenvalue weighted by Crippen LogP contribution is 2.31. The third-order valence-corrected chi connectivity index (χ3v) is 6.13. The lowest BCUT2D eigenvalue weighted by Gasteiger charge is -2.37. The van der Waals surface area contributed by atoms with Crippen LogP contribution in [-0.2, 0) is 4.79 Å². The number of benzene rings is 1. The zero-order valence-electron chi connectivity index (χ0n) is 16.7. The van der Waals surface area contributed by atoms with E-state index in [9.17, 15) is 26.7 Å². The van der Waals surface area contributed by atoms with Crippen molar-refractivity contribution >= 4 is 11.6 Å². The maximum Gasteiger partial charge on any atom is 0.233 e. The van der Waals surface area contributed by atoms with Gasteiger partial charge in [0.15, 0.2) is 23.3 Å². The Labute approximate surface area is 172 Å². The molecule has 0 bridgehead atoms. The predicted octanol–water partition coefficient (Wildman–Crippen LogP) is 2.53. The molecular formula is C20H27F5N4O. The van der Waals surface area contributed by atoms with Gasteiger partial charge in [0.05, 0.1) is 6.54 Å². The van der Waals surface area contributed by atoms with Crippen LogP contribution in [0.2, 0.25) is 0 Å². The van der Waals surface area contributed by atoms with E-state index in [2.05, 4.69) is 10.2 Å². The first-order valence-corrected chi connectivity index (χ1v) is 10.3. The lowest BCUT2D eigenvalue weighted by atomic mass is 9.84. The van der Waals surface area contributed by atoms with Crippen molar-refractivity contribution in [1.29, 1.82) is 0 Å². The van der Waals surface area contributed by atoms with Crippen LogP contribution in [0.3, 0.4) is 0 Å². The van der Waals surface area contributed by atoms with Gasteiger partial charge in [-0.1, -0.05) is 0 Å². The molecule has 1 aromatic carbocycles. The Morgan fingerprint density at radius 1 is 0.867 bits per heavy atom. The molecule has 1 saturated heterocycles. The molecule has 30 heavy (non-hydrogen) atoms. The van der Waals surface area contributed by atoms with Crippen LogP contribution in [0.5, 0.6) is 0 Å². The minimum absolute atomic E-state index is 0.00307. The molecule has 1 aliphatic heterocycles. The standard InChI is InChI=1S/C20H27F5N4O/c21-15-16(22)18(24)20(19(25)17(15)23)29-9-7-28(8-10-29)6-5-12-1-3-13(4-2-12)27-14(30)11-26/h12-13H,1-11,26H2,(H,27,30). The fourth-order valence-corrected chi connectivity index (χ4v) is 4.31. The molecule has 1 saturated carbocycles. The van der Waals surface area contributed by atoms with E-state index in [0.717, 1.165) is 38.6 Å². The normalized spacial score (nSPS) is 22.9. The fourth-order valence-electron chi connectivity index (χ4n) is 4.31.